The summed E-state index contributed by atoms with van der Waals surface area (Å²) in [6, 6.07) is 0. The van der Waals surface area contributed by atoms with Gasteiger partial charge < -0.3 is 13.3 Å². The molecule has 1 aliphatic heterocycles. The number of nitrogens with zero attached hydrogens (tertiary/aromatic N) is 1. The van der Waals surface area contributed by atoms with E-state index in [0.29, 0.717) is 5.67 Å². The van der Waals surface area contributed by atoms with E-state index >= 15 is 0 Å². The summed E-state index contributed by atoms with van der Waals surface area (Å²) >= 11 is 0. The highest BCUT2D eigenvalue weighted by molar-refractivity contribution is 6.62. The third-order valence-electron chi connectivity index (χ3n) is 2.57. The topological polar surface area (TPSA) is 30.7 Å². The minimum absolute atomic E-state index is 0.326. The van der Waals surface area contributed by atoms with Crippen LogP contribution in [0.1, 0.15) is 13.3 Å². The van der Waals surface area contributed by atoms with Gasteiger partial charge in [-0.2, -0.15) is 0 Å². The van der Waals surface area contributed by atoms with Crippen LogP contribution < -0.4 is 0 Å². The van der Waals surface area contributed by atoms with Crippen LogP contribution in [0.4, 0.5) is 0 Å². The Morgan fingerprint density at radius 1 is 1.15 bits per heavy atom. The van der Waals surface area contributed by atoms with Gasteiger partial charge in [0.25, 0.3) is 0 Å². The molecule has 0 radical (unpaired) electrons. The quantitative estimate of drug-likeness (QED) is 0.467. The number of hydrogen-bond acceptors (Lipinski definition) is 4. The molecule has 1 unspecified atom stereocenters. The van der Waals surface area contributed by atoms with Gasteiger partial charge >= 0.3 is 8.80 Å². The van der Waals surface area contributed by atoms with Gasteiger partial charge in [0.2, 0.25) is 0 Å². The summed E-state index contributed by atoms with van der Waals surface area (Å²) in [6.07, 6.45) is 1.02. The molecule has 0 aliphatic carbocycles. The summed E-state index contributed by atoms with van der Waals surface area (Å²) in [5.41, 5.74) is 0.326. The van der Waals surface area contributed by atoms with Crippen molar-refractivity contribution in [2.24, 2.45) is 0 Å². The molecule has 78 valence electrons. The van der Waals surface area contributed by atoms with Crippen LogP contribution in [0.3, 0.4) is 0 Å². The average molecular weight is 205 g/mol. The Balaban J connectivity index is 2.68. The average Bonchev–Trinajstić information content (AvgIpc) is 2.98. The van der Waals surface area contributed by atoms with Gasteiger partial charge in [-0.15, -0.1) is 0 Å². The highest BCUT2D eigenvalue weighted by Crippen LogP contribution is 2.24. The second-order valence-corrected chi connectivity index (χ2v) is 6.27. The molecule has 4 nitrogen and oxygen atoms in total. The van der Waals surface area contributed by atoms with Gasteiger partial charge in [-0.3, -0.25) is 4.90 Å². The highest BCUT2D eigenvalue weighted by atomic mass is 28.4. The van der Waals surface area contributed by atoms with Crippen molar-refractivity contribution in [3.63, 3.8) is 0 Å². The largest absolute Gasteiger partial charge is 0.518 e. The van der Waals surface area contributed by atoms with Crippen molar-refractivity contribution in [3.05, 3.63) is 0 Å². The van der Waals surface area contributed by atoms with Crippen molar-refractivity contribution in [2.45, 2.75) is 19.0 Å². The lowest BCUT2D eigenvalue weighted by atomic mass is 10.5. The summed E-state index contributed by atoms with van der Waals surface area (Å²) in [5.74, 6) is 0. The van der Waals surface area contributed by atoms with Crippen LogP contribution in [0.2, 0.25) is 0 Å². The Hall–Kier alpha value is 0.0569. The summed E-state index contributed by atoms with van der Waals surface area (Å²) < 4.78 is 16.3. The van der Waals surface area contributed by atoms with Crippen LogP contribution in [0, 0.1) is 0 Å². The van der Waals surface area contributed by atoms with Crippen LogP contribution in [0.15, 0.2) is 0 Å². The fourth-order valence-electron chi connectivity index (χ4n) is 1.76. The molecule has 5 heteroatoms. The molecule has 1 aliphatic rings. The molecule has 1 saturated heterocycles. The van der Waals surface area contributed by atoms with E-state index in [2.05, 4.69) is 11.8 Å². The van der Waals surface area contributed by atoms with E-state index in [4.69, 9.17) is 13.3 Å². The van der Waals surface area contributed by atoms with Crippen molar-refractivity contribution in [1.82, 2.24) is 4.90 Å². The first kappa shape index (κ1) is 11.1. The van der Waals surface area contributed by atoms with E-state index < -0.39 is 8.80 Å². The summed E-state index contributed by atoms with van der Waals surface area (Å²) in [6.45, 7) is 4.43. The molecule has 1 rings (SSSR count). The predicted octanol–water partition coefficient (Wildman–Crippen LogP) is 0.498. The fraction of sp³-hybridized carbons (Fsp3) is 1.00. The van der Waals surface area contributed by atoms with Gasteiger partial charge in [0.05, 0.1) is 5.67 Å². The second-order valence-electron chi connectivity index (χ2n) is 3.18. The van der Waals surface area contributed by atoms with E-state index in [1.807, 2.05) is 0 Å². The van der Waals surface area contributed by atoms with E-state index in [9.17, 15) is 0 Å². The first-order valence-electron chi connectivity index (χ1n) is 4.63. The van der Waals surface area contributed by atoms with E-state index in [0.717, 1.165) is 19.5 Å². The minimum Gasteiger partial charge on any atom is -0.376 e. The maximum absolute atomic E-state index is 5.44. The van der Waals surface area contributed by atoms with Crippen molar-refractivity contribution in [2.75, 3.05) is 34.4 Å². The molecule has 0 aromatic carbocycles. The zero-order valence-electron chi connectivity index (χ0n) is 8.87. The maximum Gasteiger partial charge on any atom is 0.518 e. The van der Waals surface area contributed by atoms with Gasteiger partial charge in [0, 0.05) is 34.4 Å². The van der Waals surface area contributed by atoms with Crippen molar-refractivity contribution in [3.8, 4) is 0 Å². The first-order chi connectivity index (χ1) is 6.24. The Kier molecular flexibility index (Phi) is 3.87. The molecule has 0 amide bonds. The molecule has 13 heavy (non-hydrogen) atoms. The third-order valence-corrected chi connectivity index (χ3v) is 5.87. The Bertz CT molecular complexity index is 151. The van der Waals surface area contributed by atoms with Crippen molar-refractivity contribution < 1.29 is 13.3 Å². The van der Waals surface area contributed by atoms with Gasteiger partial charge in [0.15, 0.2) is 0 Å². The maximum atomic E-state index is 5.44. The molecule has 0 saturated carbocycles. The minimum atomic E-state index is -2.42. The SMILES string of the molecule is CCC(N1CC1)[Si](OC)(OC)OC. The zero-order chi connectivity index (χ0) is 9.90. The molecule has 0 aromatic heterocycles. The van der Waals surface area contributed by atoms with Gasteiger partial charge in [-0.25, -0.2) is 0 Å². The third kappa shape index (κ3) is 2.11. The lowest BCUT2D eigenvalue weighted by Crippen LogP contribution is -2.57. The molecule has 1 fully saturated rings. The standard InChI is InChI=1S/C8H19NO3Si/c1-5-8(9-6-7-9)13(10-2,11-3)12-4/h8H,5-7H2,1-4H3. The summed E-state index contributed by atoms with van der Waals surface area (Å²) in [7, 11) is 2.59. The summed E-state index contributed by atoms with van der Waals surface area (Å²) in [5, 5.41) is 0. The first-order valence-corrected chi connectivity index (χ1v) is 6.43. The zero-order valence-corrected chi connectivity index (χ0v) is 9.87. The number of rotatable bonds is 6. The summed E-state index contributed by atoms with van der Waals surface area (Å²) in [4.78, 5) is 2.34. The Morgan fingerprint density at radius 3 is 1.85 bits per heavy atom. The number of hydrogen-bond donors (Lipinski definition) is 0. The van der Waals surface area contributed by atoms with Crippen molar-refractivity contribution >= 4 is 8.80 Å². The van der Waals surface area contributed by atoms with E-state index in [1.165, 1.54) is 0 Å². The lowest BCUT2D eigenvalue weighted by Gasteiger charge is -2.32. The van der Waals surface area contributed by atoms with E-state index in [-0.39, 0.29) is 0 Å². The molecule has 0 spiro atoms. The van der Waals surface area contributed by atoms with Gasteiger partial charge in [-0.05, 0) is 6.42 Å². The van der Waals surface area contributed by atoms with Crippen molar-refractivity contribution in [1.29, 1.82) is 0 Å². The molecular weight excluding hydrogens is 186 g/mol. The molecular formula is C8H19NO3Si. The van der Waals surface area contributed by atoms with Gasteiger partial charge in [0.1, 0.15) is 0 Å². The molecule has 0 aromatic rings. The lowest BCUT2D eigenvalue weighted by molar-refractivity contribution is 0.0963. The fourth-order valence-corrected chi connectivity index (χ4v) is 4.28. The van der Waals surface area contributed by atoms with E-state index in [1.54, 1.807) is 21.3 Å². The van der Waals surface area contributed by atoms with Crippen LogP contribution in [-0.2, 0) is 13.3 Å². The second kappa shape index (κ2) is 4.52. The van der Waals surface area contributed by atoms with Crippen LogP contribution in [0.5, 0.6) is 0 Å². The van der Waals surface area contributed by atoms with Crippen LogP contribution in [-0.4, -0.2) is 53.8 Å². The molecule has 1 atom stereocenters. The Labute approximate surface area is 81.1 Å². The smallest absolute Gasteiger partial charge is 0.376 e. The normalized spacial score (nSPS) is 20.3. The highest BCUT2D eigenvalue weighted by Gasteiger charge is 2.51. The molecule has 0 bridgehead atoms. The monoisotopic (exact) mass is 205 g/mol. The van der Waals surface area contributed by atoms with Crippen LogP contribution >= 0.6 is 0 Å². The van der Waals surface area contributed by atoms with Crippen LogP contribution in [0.25, 0.3) is 0 Å². The van der Waals surface area contributed by atoms with Gasteiger partial charge in [-0.1, -0.05) is 6.92 Å². The predicted molar refractivity (Wildman–Crippen MR) is 52.4 cm³/mol. The molecule has 1 heterocycles. The Morgan fingerprint density at radius 2 is 1.62 bits per heavy atom. The molecule has 0 N–H and O–H groups in total.